The Kier molecular flexibility index (Phi) is 7.68. The summed E-state index contributed by atoms with van der Waals surface area (Å²) in [6.45, 7) is 0. The summed E-state index contributed by atoms with van der Waals surface area (Å²) in [5.74, 6) is 0. The van der Waals surface area contributed by atoms with E-state index >= 15 is 0 Å². The van der Waals surface area contributed by atoms with Crippen LogP contribution in [0, 0.1) is 0 Å². The van der Waals surface area contributed by atoms with Crippen LogP contribution in [0.25, 0.3) is 64.6 Å². The number of fused-ring (bicyclic) bond motifs is 8. The number of anilines is 8. The van der Waals surface area contributed by atoms with Crippen molar-refractivity contribution < 1.29 is 0 Å². The van der Waals surface area contributed by atoms with Gasteiger partial charge in [-0.15, -0.1) is 0 Å². The predicted octanol–water partition coefficient (Wildman–Crippen LogP) is 16.3. The van der Waals surface area contributed by atoms with E-state index in [0.29, 0.717) is 0 Å². The molecular weight excluding hydrogens is 805 g/mol. The van der Waals surface area contributed by atoms with Crippen molar-refractivity contribution in [3.05, 3.63) is 243 Å². The molecule has 0 unspecified atom stereocenters. The van der Waals surface area contributed by atoms with Gasteiger partial charge in [-0.25, -0.2) is 0 Å². The van der Waals surface area contributed by atoms with E-state index in [1.807, 2.05) is 0 Å². The molecule has 2 aliphatic heterocycles. The highest BCUT2D eigenvalue weighted by Gasteiger charge is 2.70. The van der Waals surface area contributed by atoms with Gasteiger partial charge in [-0.2, -0.15) is 0 Å². The van der Waals surface area contributed by atoms with Crippen LogP contribution >= 0.6 is 0 Å². The van der Waals surface area contributed by atoms with Gasteiger partial charge in [-0.3, -0.25) is 0 Å². The van der Waals surface area contributed by atoms with Crippen LogP contribution in [-0.4, -0.2) is 8.72 Å². The molecule has 304 valence electrons. The van der Waals surface area contributed by atoms with Gasteiger partial charge in [0.25, 0.3) is 0 Å². The lowest BCUT2D eigenvalue weighted by atomic mass is 10.1. The van der Waals surface area contributed by atoms with Crippen LogP contribution in [0.4, 0.5) is 45.5 Å². The van der Waals surface area contributed by atoms with Gasteiger partial charge >= 0.3 is 8.72 Å². The molecule has 2 heterocycles. The number of rotatable bonds is 4. The Hall–Kier alpha value is -8.38. The molecule has 12 aromatic carbocycles. The van der Waals surface area contributed by atoms with Crippen molar-refractivity contribution in [3.63, 3.8) is 0 Å². The van der Waals surface area contributed by atoms with Crippen molar-refractivity contribution in [2.24, 2.45) is 0 Å². The lowest BCUT2D eigenvalue weighted by Crippen LogP contribution is -2.76. The third-order valence-corrected chi connectivity index (χ3v) is 18.2. The second kappa shape index (κ2) is 13.8. The van der Waals surface area contributed by atoms with Crippen LogP contribution < -0.4 is 18.3 Å². The first-order valence-electron chi connectivity index (χ1n) is 22.4. The van der Waals surface area contributed by atoms with Gasteiger partial charge in [-0.1, -0.05) is 194 Å². The van der Waals surface area contributed by atoms with E-state index in [1.165, 1.54) is 110 Å². The molecule has 0 bridgehead atoms. The summed E-state index contributed by atoms with van der Waals surface area (Å²) in [7, 11) is -3.89. The average Bonchev–Trinajstić information content (AvgIpc) is 3.80. The summed E-state index contributed by atoms with van der Waals surface area (Å²) in [5, 5.41) is 14.5. The topological polar surface area (TPSA) is 13.0 Å². The molecule has 0 amide bonds. The highest BCUT2D eigenvalue weighted by Crippen LogP contribution is 2.65. The van der Waals surface area contributed by atoms with Gasteiger partial charge in [0, 0.05) is 44.3 Å². The van der Waals surface area contributed by atoms with Crippen molar-refractivity contribution >= 4 is 119 Å². The molecule has 65 heavy (non-hydrogen) atoms. The molecule has 0 aromatic heterocycles. The Labute approximate surface area is 378 Å². The molecule has 12 aromatic rings. The minimum Gasteiger partial charge on any atom is -0.313 e. The van der Waals surface area contributed by atoms with E-state index in [-0.39, 0.29) is 0 Å². The maximum absolute atomic E-state index is 3.89. The minimum absolute atomic E-state index is 1.17. The quantitative estimate of drug-likeness (QED) is 0.164. The Morgan fingerprint density at radius 2 is 0.385 bits per heavy atom. The van der Waals surface area contributed by atoms with Gasteiger partial charge in [0.2, 0.25) is 0 Å². The minimum atomic E-state index is -3.89. The number of hydrogen-bond acceptors (Lipinski definition) is 4. The first-order chi connectivity index (χ1) is 32.3. The number of hydrogen-bond donors (Lipinski definition) is 0. The van der Waals surface area contributed by atoms with Gasteiger partial charge in [0.1, 0.15) is 0 Å². The van der Waals surface area contributed by atoms with E-state index in [0.717, 1.165) is 0 Å². The van der Waals surface area contributed by atoms with Crippen molar-refractivity contribution in [1.82, 2.24) is 0 Å². The Morgan fingerprint density at radius 1 is 0.185 bits per heavy atom. The SMILES string of the molecule is c1ccc2cc3c(cc2c1)N(c1cccc2ccccc12)[Si]1(N3c2cccc3ccccc23)N(c2cccc3ccccc23)c2cc3ccccc3cc2N1c1cccc2ccccc12. The molecule has 0 aliphatic carbocycles. The fourth-order valence-corrected chi connectivity index (χ4v) is 16.5. The zero-order valence-corrected chi connectivity index (χ0v) is 36.4. The predicted molar refractivity (Wildman–Crippen MR) is 278 cm³/mol. The van der Waals surface area contributed by atoms with Crippen LogP contribution in [0.3, 0.4) is 0 Å². The molecular formula is C60H40N4Si. The van der Waals surface area contributed by atoms with Gasteiger partial charge < -0.3 is 18.3 Å². The third-order valence-electron chi connectivity index (χ3n) is 13.9. The number of nitrogens with zero attached hydrogens (tertiary/aromatic N) is 4. The molecule has 14 rings (SSSR count). The summed E-state index contributed by atoms with van der Waals surface area (Å²) in [6.07, 6.45) is 0. The Balaban J connectivity index is 1.27. The van der Waals surface area contributed by atoms with Crippen LogP contribution in [0.5, 0.6) is 0 Å². The molecule has 4 nitrogen and oxygen atoms in total. The number of benzene rings is 12. The largest absolute Gasteiger partial charge is 0.522 e. The second-order valence-electron chi connectivity index (χ2n) is 17.3. The molecule has 0 fully saturated rings. The summed E-state index contributed by atoms with van der Waals surface area (Å²) in [6, 6.07) is 90.8. The maximum atomic E-state index is 2.81. The fourth-order valence-electron chi connectivity index (χ4n) is 11.2. The molecule has 0 N–H and O–H groups in total. The highest BCUT2D eigenvalue weighted by molar-refractivity contribution is 7.00. The van der Waals surface area contributed by atoms with Crippen LogP contribution in [0.1, 0.15) is 0 Å². The van der Waals surface area contributed by atoms with E-state index in [9.17, 15) is 0 Å². The van der Waals surface area contributed by atoms with Crippen LogP contribution in [-0.2, 0) is 0 Å². The fraction of sp³-hybridized carbons (Fsp3) is 0. The van der Waals surface area contributed by atoms with E-state index in [1.54, 1.807) is 0 Å². The summed E-state index contributed by atoms with van der Waals surface area (Å²) >= 11 is 0. The van der Waals surface area contributed by atoms with Crippen molar-refractivity contribution in [3.8, 4) is 0 Å². The highest BCUT2D eigenvalue weighted by atomic mass is 28.4. The average molecular weight is 845 g/mol. The summed E-state index contributed by atoms with van der Waals surface area (Å²) in [4.78, 5) is 0. The zero-order chi connectivity index (χ0) is 42.6. The van der Waals surface area contributed by atoms with Gasteiger partial charge in [0.05, 0.1) is 22.7 Å². The Bertz CT molecular complexity index is 3390. The first-order valence-corrected chi connectivity index (χ1v) is 24.2. The lowest BCUT2D eigenvalue weighted by molar-refractivity contribution is 1.19. The standard InChI is InChI=1S/C60H40N4Si/c1-2-22-46-38-58-57(37-45(46)21-1)61(53-33-13-25-41-17-5-9-29-49(41)53)65(62(58)54-34-14-26-42-18-6-10-30-50(42)54)63(55-35-15-27-43-19-7-11-31-51(43)55)59-39-47-23-3-4-24-48(47)40-60(59)64(65)56-36-16-28-44-20-8-12-32-52(44)56/h1-40H. The van der Waals surface area contributed by atoms with Crippen molar-refractivity contribution in [2.45, 2.75) is 0 Å². The Morgan fingerprint density at radius 3 is 0.631 bits per heavy atom. The molecule has 5 heteroatoms. The smallest absolute Gasteiger partial charge is 0.313 e. The van der Waals surface area contributed by atoms with Crippen molar-refractivity contribution in [1.29, 1.82) is 0 Å². The van der Waals surface area contributed by atoms with E-state index in [2.05, 4.69) is 261 Å². The lowest BCUT2D eigenvalue weighted by Gasteiger charge is -2.50. The maximum Gasteiger partial charge on any atom is 0.522 e. The van der Waals surface area contributed by atoms with E-state index < -0.39 is 8.72 Å². The molecule has 0 atom stereocenters. The second-order valence-corrected chi connectivity index (χ2v) is 20.3. The third kappa shape index (κ3) is 5.07. The monoisotopic (exact) mass is 844 g/mol. The molecule has 0 saturated heterocycles. The molecule has 0 radical (unpaired) electrons. The summed E-state index contributed by atoms with van der Waals surface area (Å²) < 4.78 is 11.3. The zero-order valence-electron chi connectivity index (χ0n) is 35.4. The first kappa shape index (κ1) is 36.1. The van der Waals surface area contributed by atoms with Gasteiger partial charge in [0.15, 0.2) is 0 Å². The normalized spacial score (nSPS) is 14.2. The molecule has 1 spiro atoms. The van der Waals surface area contributed by atoms with Crippen LogP contribution in [0.2, 0.25) is 0 Å². The van der Waals surface area contributed by atoms with Crippen molar-refractivity contribution in [2.75, 3.05) is 18.3 Å². The molecule has 2 aliphatic rings. The van der Waals surface area contributed by atoms with Gasteiger partial charge in [-0.05, 0) is 91.6 Å². The summed E-state index contributed by atoms with van der Waals surface area (Å²) in [5.41, 5.74) is 9.37. The van der Waals surface area contributed by atoms with E-state index in [4.69, 9.17) is 0 Å². The molecule has 0 saturated carbocycles. The van der Waals surface area contributed by atoms with Crippen LogP contribution in [0.15, 0.2) is 243 Å².